The number of aryl methyl sites for hydroxylation is 2. The number of nitrogens with one attached hydrogen (secondary N) is 1. The van der Waals surface area contributed by atoms with Crippen LogP contribution in [0, 0.1) is 13.8 Å². The van der Waals surface area contributed by atoms with Crippen molar-refractivity contribution in [2.45, 2.75) is 13.8 Å². The van der Waals surface area contributed by atoms with E-state index in [4.69, 9.17) is 0 Å². The lowest BCUT2D eigenvalue weighted by molar-refractivity contribution is -0.144. The van der Waals surface area contributed by atoms with Gasteiger partial charge in [0.2, 0.25) is 0 Å². The summed E-state index contributed by atoms with van der Waals surface area (Å²) in [5.41, 5.74) is 2.92. The molecule has 2 rings (SSSR count). The highest BCUT2D eigenvalue weighted by Gasteiger charge is 2.26. The van der Waals surface area contributed by atoms with Crippen molar-refractivity contribution in [3.8, 4) is 0 Å². The number of nitrogens with zero attached hydrogens (tertiary/aromatic N) is 2. The summed E-state index contributed by atoms with van der Waals surface area (Å²) in [4.78, 5) is 27.5. The van der Waals surface area contributed by atoms with Gasteiger partial charge < -0.3 is 15.1 Å². The van der Waals surface area contributed by atoms with Gasteiger partial charge in [-0.1, -0.05) is 6.07 Å². The summed E-state index contributed by atoms with van der Waals surface area (Å²) >= 11 is 0. The third-order valence-electron chi connectivity index (χ3n) is 3.49. The molecule has 0 aromatic heterocycles. The van der Waals surface area contributed by atoms with Crippen molar-refractivity contribution in [3.63, 3.8) is 0 Å². The van der Waals surface area contributed by atoms with Crippen LogP contribution in [0.5, 0.6) is 0 Å². The number of hydrogen-bond acceptors (Lipinski definition) is 3. The number of hydrogen-bond donors (Lipinski definition) is 1. The number of likely N-dealkylation sites (N-methyl/N-ethyl adjacent to an activating group) is 1. The normalized spacial score (nSPS) is 15.1. The largest absolute Gasteiger partial charge is 0.332 e. The van der Waals surface area contributed by atoms with E-state index in [-0.39, 0.29) is 0 Å². The summed E-state index contributed by atoms with van der Waals surface area (Å²) in [6, 6.07) is 5.87. The first-order valence-corrected chi connectivity index (χ1v) is 6.85. The predicted molar refractivity (Wildman–Crippen MR) is 78.8 cm³/mol. The quantitative estimate of drug-likeness (QED) is 0.768. The Morgan fingerprint density at radius 2 is 1.65 bits per heavy atom. The van der Waals surface area contributed by atoms with Crippen molar-refractivity contribution in [2.24, 2.45) is 0 Å². The third kappa shape index (κ3) is 3.17. The first kappa shape index (κ1) is 14.5. The molecule has 1 saturated heterocycles. The van der Waals surface area contributed by atoms with E-state index in [0.717, 1.165) is 29.9 Å². The Hall–Kier alpha value is -1.88. The van der Waals surface area contributed by atoms with Crippen LogP contribution < -0.4 is 10.2 Å². The van der Waals surface area contributed by atoms with E-state index in [1.807, 2.05) is 32.0 Å². The molecule has 0 aliphatic carbocycles. The second kappa shape index (κ2) is 6.05. The van der Waals surface area contributed by atoms with Crippen LogP contribution in [0.1, 0.15) is 11.1 Å². The lowest BCUT2D eigenvalue weighted by Gasteiger charge is -2.28. The van der Waals surface area contributed by atoms with E-state index in [2.05, 4.69) is 5.32 Å². The van der Waals surface area contributed by atoms with Crippen molar-refractivity contribution >= 4 is 17.5 Å². The molecule has 1 fully saturated rings. The fraction of sp³-hybridized carbons (Fsp3) is 0.467. The van der Waals surface area contributed by atoms with Gasteiger partial charge in [0.25, 0.3) is 0 Å². The lowest BCUT2D eigenvalue weighted by atomic mass is 10.1. The highest BCUT2D eigenvalue weighted by Crippen LogP contribution is 2.18. The van der Waals surface area contributed by atoms with Crippen molar-refractivity contribution in [3.05, 3.63) is 29.3 Å². The summed E-state index contributed by atoms with van der Waals surface area (Å²) in [7, 11) is 1.65. The van der Waals surface area contributed by atoms with Crippen LogP contribution in [0.2, 0.25) is 0 Å². The van der Waals surface area contributed by atoms with Gasteiger partial charge in [0.05, 0.1) is 0 Å². The maximum atomic E-state index is 12.3. The Balaban J connectivity index is 2.12. The lowest BCUT2D eigenvalue weighted by Crippen LogP contribution is -2.51. The summed E-state index contributed by atoms with van der Waals surface area (Å²) in [6.45, 7) is 6.62. The van der Waals surface area contributed by atoms with Crippen LogP contribution in [0.15, 0.2) is 18.2 Å². The van der Waals surface area contributed by atoms with Crippen LogP contribution >= 0.6 is 0 Å². The zero-order valence-corrected chi connectivity index (χ0v) is 12.3. The fourth-order valence-corrected chi connectivity index (χ4v) is 2.41. The van der Waals surface area contributed by atoms with Crippen molar-refractivity contribution in [2.75, 3.05) is 38.1 Å². The first-order valence-electron chi connectivity index (χ1n) is 6.85. The van der Waals surface area contributed by atoms with E-state index >= 15 is 0 Å². The van der Waals surface area contributed by atoms with E-state index in [9.17, 15) is 9.59 Å². The van der Waals surface area contributed by atoms with Gasteiger partial charge in [-0.3, -0.25) is 9.59 Å². The second-order valence-electron chi connectivity index (χ2n) is 5.25. The van der Waals surface area contributed by atoms with Gasteiger partial charge in [0.1, 0.15) is 0 Å². The van der Waals surface area contributed by atoms with E-state index in [1.165, 1.54) is 4.90 Å². The van der Waals surface area contributed by atoms with E-state index in [1.54, 1.807) is 11.9 Å². The van der Waals surface area contributed by atoms with Crippen LogP contribution in [0.3, 0.4) is 0 Å². The van der Waals surface area contributed by atoms with Gasteiger partial charge >= 0.3 is 11.8 Å². The molecule has 0 saturated carbocycles. The highest BCUT2D eigenvalue weighted by molar-refractivity contribution is 6.40. The molecule has 1 aromatic carbocycles. The minimum Gasteiger partial charge on any atom is -0.332 e. The molecule has 5 heteroatoms. The van der Waals surface area contributed by atoms with Gasteiger partial charge in [-0.15, -0.1) is 0 Å². The maximum Gasteiger partial charge on any atom is 0.316 e. The molecule has 0 spiro atoms. The Labute approximate surface area is 119 Å². The SMILES string of the molecule is Cc1cc(C)cc(N(C)C(=O)C(=O)N2CCNCC2)c1. The molecular weight excluding hydrogens is 254 g/mol. The summed E-state index contributed by atoms with van der Waals surface area (Å²) in [5, 5.41) is 3.17. The maximum absolute atomic E-state index is 12.3. The minimum absolute atomic E-state index is 0.423. The molecule has 0 atom stereocenters. The number of benzene rings is 1. The fourth-order valence-electron chi connectivity index (χ4n) is 2.41. The molecule has 1 aromatic rings. The van der Waals surface area contributed by atoms with Gasteiger partial charge in [0.15, 0.2) is 0 Å². The average Bonchev–Trinajstić information content (AvgIpc) is 2.45. The second-order valence-corrected chi connectivity index (χ2v) is 5.25. The molecule has 5 nitrogen and oxygen atoms in total. The topological polar surface area (TPSA) is 52.7 Å². The van der Waals surface area contributed by atoms with Gasteiger partial charge in [-0.05, 0) is 37.1 Å². The number of carbonyl (C=O) groups excluding carboxylic acids is 2. The summed E-state index contributed by atoms with van der Waals surface area (Å²) in [5.74, 6) is -0.898. The molecule has 2 amide bonds. The Morgan fingerprint density at radius 1 is 1.10 bits per heavy atom. The van der Waals surface area contributed by atoms with E-state index in [0.29, 0.717) is 13.1 Å². The van der Waals surface area contributed by atoms with Crippen LogP contribution in [-0.4, -0.2) is 49.9 Å². The van der Waals surface area contributed by atoms with Gasteiger partial charge in [-0.2, -0.15) is 0 Å². The van der Waals surface area contributed by atoms with Crippen molar-refractivity contribution in [1.82, 2.24) is 10.2 Å². The number of anilines is 1. The summed E-state index contributed by atoms with van der Waals surface area (Å²) < 4.78 is 0. The molecule has 20 heavy (non-hydrogen) atoms. The van der Waals surface area contributed by atoms with Gasteiger partial charge in [-0.25, -0.2) is 0 Å². The van der Waals surface area contributed by atoms with Crippen LogP contribution in [-0.2, 0) is 9.59 Å². The molecule has 0 bridgehead atoms. The Bertz CT molecular complexity index is 502. The molecule has 1 aliphatic heterocycles. The minimum atomic E-state index is -0.475. The zero-order chi connectivity index (χ0) is 14.7. The zero-order valence-electron chi connectivity index (χ0n) is 12.3. The third-order valence-corrected chi connectivity index (χ3v) is 3.49. The number of rotatable bonds is 1. The predicted octanol–water partition coefficient (Wildman–Crippen LogP) is 0.698. The first-order chi connectivity index (χ1) is 9.49. The molecule has 0 radical (unpaired) electrons. The molecule has 108 valence electrons. The molecular formula is C15H21N3O2. The van der Waals surface area contributed by atoms with E-state index < -0.39 is 11.8 Å². The monoisotopic (exact) mass is 275 g/mol. The van der Waals surface area contributed by atoms with Crippen LogP contribution in [0.25, 0.3) is 0 Å². The van der Waals surface area contributed by atoms with Crippen molar-refractivity contribution < 1.29 is 9.59 Å². The highest BCUT2D eigenvalue weighted by atomic mass is 16.2. The molecule has 1 heterocycles. The number of carbonyl (C=O) groups is 2. The van der Waals surface area contributed by atoms with Crippen molar-refractivity contribution in [1.29, 1.82) is 0 Å². The Kier molecular flexibility index (Phi) is 4.39. The van der Waals surface area contributed by atoms with Gasteiger partial charge in [0, 0.05) is 38.9 Å². The molecule has 1 aliphatic rings. The van der Waals surface area contributed by atoms with Crippen LogP contribution in [0.4, 0.5) is 5.69 Å². The number of piperazine rings is 1. The summed E-state index contributed by atoms with van der Waals surface area (Å²) in [6.07, 6.45) is 0. The standard InChI is InChI=1S/C15H21N3O2/c1-11-8-12(2)10-13(9-11)17(3)14(19)15(20)18-6-4-16-5-7-18/h8-10,16H,4-7H2,1-3H3. The number of amides is 2. The molecule has 0 unspecified atom stereocenters. The smallest absolute Gasteiger partial charge is 0.316 e. The molecule has 1 N–H and O–H groups in total. The average molecular weight is 275 g/mol. The Morgan fingerprint density at radius 3 is 2.20 bits per heavy atom.